The minimum atomic E-state index is -4.06. The van der Waals surface area contributed by atoms with Crippen molar-refractivity contribution in [3.8, 4) is 0 Å². The highest BCUT2D eigenvalue weighted by Crippen LogP contribution is 2.25. The Labute approximate surface area is 235 Å². The van der Waals surface area contributed by atoms with E-state index in [0.717, 1.165) is 27.4 Å². The van der Waals surface area contributed by atoms with Gasteiger partial charge in [0.25, 0.3) is 15.9 Å². The summed E-state index contributed by atoms with van der Waals surface area (Å²) >= 11 is 0. The molecule has 0 fully saturated rings. The van der Waals surface area contributed by atoms with E-state index in [0.29, 0.717) is 11.4 Å². The largest absolute Gasteiger partial charge is 0.345 e. The van der Waals surface area contributed by atoms with Crippen LogP contribution >= 0.6 is 0 Å². The molecule has 0 heterocycles. The van der Waals surface area contributed by atoms with Crippen LogP contribution in [0.5, 0.6) is 0 Å². The highest BCUT2D eigenvalue weighted by molar-refractivity contribution is 7.92. The van der Waals surface area contributed by atoms with E-state index in [4.69, 9.17) is 0 Å². The van der Waals surface area contributed by atoms with Gasteiger partial charge in [0.15, 0.2) is 0 Å². The Balaban J connectivity index is 1.58. The molecule has 0 spiro atoms. The Morgan fingerprint density at radius 1 is 0.825 bits per heavy atom. The molecule has 0 aromatic heterocycles. The number of nitrogens with zero attached hydrogens (tertiary/aromatic N) is 1. The first kappa shape index (κ1) is 28.6. The Morgan fingerprint density at radius 3 is 2.10 bits per heavy atom. The van der Waals surface area contributed by atoms with Crippen molar-refractivity contribution in [2.45, 2.75) is 38.1 Å². The molecule has 0 radical (unpaired) electrons. The first-order valence-corrected chi connectivity index (χ1v) is 14.6. The monoisotopic (exact) mass is 555 g/mol. The van der Waals surface area contributed by atoms with Crippen molar-refractivity contribution in [3.63, 3.8) is 0 Å². The van der Waals surface area contributed by atoms with Crippen LogP contribution in [-0.4, -0.2) is 26.8 Å². The highest BCUT2D eigenvalue weighted by Gasteiger charge is 2.28. The van der Waals surface area contributed by atoms with Gasteiger partial charge >= 0.3 is 0 Å². The van der Waals surface area contributed by atoms with Crippen LogP contribution in [0.4, 0.5) is 11.4 Å². The van der Waals surface area contributed by atoms with Crippen LogP contribution in [0, 0.1) is 6.92 Å². The van der Waals surface area contributed by atoms with Crippen molar-refractivity contribution in [3.05, 3.63) is 125 Å². The molecule has 2 N–H and O–H groups in total. The van der Waals surface area contributed by atoms with Gasteiger partial charge in [-0.05, 0) is 67.8 Å². The van der Waals surface area contributed by atoms with Crippen molar-refractivity contribution in [2.24, 2.45) is 0 Å². The van der Waals surface area contributed by atoms with Crippen LogP contribution in [0.2, 0.25) is 0 Å². The van der Waals surface area contributed by atoms with Crippen molar-refractivity contribution in [1.29, 1.82) is 0 Å². The van der Waals surface area contributed by atoms with Gasteiger partial charge in [-0.3, -0.25) is 13.9 Å². The zero-order chi connectivity index (χ0) is 28.7. The maximum atomic E-state index is 13.7. The van der Waals surface area contributed by atoms with Crippen molar-refractivity contribution in [1.82, 2.24) is 5.32 Å². The van der Waals surface area contributed by atoms with E-state index in [1.807, 2.05) is 63.2 Å². The number of rotatable bonds is 10. The SMILES string of the molecule is CCc1ccc(N(CC(=O)Nc2ccccc2C(=O)N[C@H](C)c2ccccc2)S(=O)(=O)c2ccc(C)cc2)cc1. The standard InChI is InChI=1S/C32H33N3O4S/c1-4-25-16-18-27(19-17-25)35(40(38,39)28-20-14-23(2)15-21-28)22-31(36)34-30-13-9-8-12-29(30)32(37)33-24(3)26-10-6-5-7-11-26/h5-21,24H,4,22H2,1-3H3,(H,33,37)(H,34,36)/t24-/m1/s1. The highest BCUT2D eigenvalue weighted by atomic mass is 32.2. The molecular formula is C32H33N3O4S. The van der Waals surface area contributed by atoms with E-state index in [-0.39, 0.29) is 22.4 Å². The normalized spacial score (nSPS) is 11.9. The molecule has 8 heteroatoms. The molecular weight excluding hydrogens is 522 g/mol. The summed E-state index contributed by atoms with van der Waals surface area (Å²) in [6.07, 6.45) is 0.799. The zero-order valence-electron chi connectivity index (χ0n) is 22.8. The molecule has 0 unspecified atom stereocenters. The van der Waals surface area contributed by atoms with Gasteiger partial charge in [0, 0.05) is 0 Å². The number of carbonyl (C=O) groups is 2. The molecule has 0 bridgehead atoms. The summed E-state index contributed by atoms with van der Waals surface area (Å²) in [7, 11) is -4.06. The number of anilines is 2. The Hall–Kier alpha value is -4.43. The number of nitrogens with one attached hydrogen (secondary N) is 2. The summed E-state index contributed by atoms with van der Waals surface area (Å²) in [4.78, 5) is 26.5. The predicted molar refractivity (Wildman–Crippen MR) is 159 cm³/mol. The third kappa shape index (κ3) is 6.76. The first-order chi connectivity index (χ1) is 19.2. The minimum Gasteiger partial charge on any atom is -0.345 e. The van der Waals surface area contributed by atoms with E-state index in [1.54, 1.807) is 48.5 Å². The molecule has 0 saturated carbocycles. The number of carbonyl (C=O) groups excluding carboxylic acids is 2. The molecule has 7 nitrogen and oxygen atoms in total. The average molecular weight is 556 g/mol. The molecule has 4 aromatic carbocycles. The molecule has 40 heavy (non-hydrogen) atoms. The molecule has 2 amide bonds. The lowest BCUT2D eigenvalue weighted by Crippen LogP contribution is -2.38. The molecule has 0 aliphatic heterocycles. The second-order valence-electron chi connectivity index (χ2n) is 9.54. The molecule has 0 aliphatic carbocycles. The predicted octanol–water partition coefficient (Wildman–Crippen LogP) is 5.88. The lowest BCUT2D eigenvalue weighted by molar-refractivity contribution is -0.114. The molecule has 0 saturated heterocycles. The number of hydrogen-bond acceptors (Lipinski definition) is 4. The van der Waals surface area contributed by atoms with Crippen LogP contribution in [0.1, 0.15) is 46.9 Å². The Bertz CT molecular complexity index is 1570. The van der Waals surface area contributed by atoms with Crippen molar-refractivity contribution in [2.75, 3.05) is 16.2 Å². The van der Waals surface area contributed by atoms with E-state index < -0.39 is 22.5 Å². The van der Waals surface area contributed by atoms with Gasteiger partial charge in [-0.2, -0.15) is 0 Å². The van der Waals surface area contributed by atoms with Crippen LogP contribution in [0.25, 0.3) is 0 Å². The molecule has 0 aliphatic rings. The zero-order valence-corrected chi connectivity index (χ0v) is 23.6. The number of benzene rings is 4. The third-order valence-electron chi connectivity index (χ3n) is 6.62. The fourth-order valence-corrected chi connectivity index (χ4v) is 5.68. The van der Waals surface area contributed by atoms with Crippen LogP contribution < -0.4 is 14.9 Å². The van der Waals surface area contributed by atoms with Gasteiger partial charge in [-0.1, -0.05) is 79.2 Å². The van der Waals surface area contributed by atoms with Crippen LogP contribution in [0.3, 0.4) is 0 Å². The first-order valence-electron chi connectivity index (χ1n) is 13.1. The smallest absolute Gasteiger partial charge is 0.264 e. The molecule has 4 rings (SSSR count). The summed E-state index contributed by atoms with van der Waals surface area (Å²) in [6.45, 7) is 5.29. The fourth-order valence-electron chi connectivity index (χ4n) is 4.26. The Kier molecular flexibility index (Phi) is 9.01. The topological polar surface area (TPSA) is 95.6 Å². The average Bonchev–Trinajstić information content (AvgIpc) is 2.97. The van der Waals surface area contributed by atoms with E-state index >= 15 is 0 Å². The minimum absolute atomic E-state index is 0.0835. The second-order valence-corrected chi connectivity index (χ2v) is 11.4. The van der Waals surface area contributed by atoms with Crippen LogP contribution in [-0.2, 0) is 21.2 Å². The van der Waals surface area contributed by atoms with Gasteiger partial charge in [-0.25, -0.2) is 8.42 Å². The van der Waals surface area contributed by atoms with Crippen LogP contribution in [0.15, 0.2) is 108 Å². The summed E-state index contributed by atoms with van der Waals surface area (Å²) < 4.78 is 28.5. The number of sulfonamides is 1. The number of aryl methyl sites for hydroxylation is 2. The Morgan fingerprint density at radius 2 is 1.45 bits per heavy atom. The van der Waals surface area contributed by atoms with Crippen molar-refractivity contribution >= 4 is 33.2 Å². The van der Waals surface area contributed by atoms with Gasteiger partial charge in [-0.15, -0.1) is 0 Å². The van der Waals surface area contributed by atoms with Crippen molar-refractivity contribution < 1.29 is 18.0 Å². The summed E-state index contributed by atoms with van der Waals surface area (Å²) in [5.74, 6) is -0.932. The number of amides is 2. The number of para-hydroxylation sites is 1. The van der Waals surface area contributed by atoms with Gasteiger partial charge in [0.05, 0.1) is 27.9 Å². The summed E-state index contributed by atoms with van der Waals surface area (Å²) in [5, 5.41) is 5.71. The quantitative estimate of drug-likeness (QED) is 0.255. The van der Waals surface area contributed by atoms with E-state index in [2.05, 4.69) is 10.6 Å². The fraction of sp³-hybridized carbons (Fsp3) is 0.188. The third-order valence-corrected chi connectivity index (χ3v) is 8.41. The molecule has 206 valence electrons. The number of hydrogen-bond donors (Lipinski definition) is 2. The van der Waals surface area contributed by atoms with E-state index in [9.17, 15) is 18.0 Å². The van der Waals surface area contributed by atoms with Gasteiger partial charge < -0.3 is 10.6 Å². The lowest BCUT2D eigenvalue weighted by Gasteiger charge is -2.24. The molecule has 4 aromatic rings. The summed E-state index contributed by atoms with van der Waals surface area (Å²) in [5.41, 5.74) is 3.86. The second kappa shape index (κ2) is 12.6. The maximum Gasteiger partial charge on any atom is 0.264 e. The molecule has 1 atom stereocenters. The van der Waals surface area contributed by atoms with E-state index in [1.165, 1.54) is 12.1 Å². The maximum absolute atomic E-state index is 13.7. The lowest BCUT2D eigenvalue weighted by atomic mass is 10.1. The van der Waals surface area contributed by atoms with Gasteiger partial charge in [0.2, 0.25) is 5.91 Å². The van der Waals surface area contributed by atoms with Gasteiger partial charge in [0.1, 0.15) is 6.54 Å². The summed E-state index contributed by atoms with van der Waals surface area (Å²) in [6, 6.07) is 29.5.